The Bertz CT molecular complexity index is 917. The Morgan fingerprint density at radius 1 is 1.28 bits per heavy atom. The van der Waals surface area contributed by atoms with E-state index in [0.717, 1.165) is 24.4 Å². The minimum atomic E-state index is -4.65. The first-order valence-corrected chi connectivity index (χ1v) is 6.48. The van der Waals surface area contributed by atoms with Gasteiger partial charge in [-0.3, -0.25) is 15.1 Å². The Labute approximate surface area is 138 Å². The number of hydrogen-bond donors (Lipinski definition) is 2. The summed E-state index contributed by atoms with van der Waals surface area (Å²) in [5.74, 6) is -1.76. The van der Waals surface area contributed by atoms with Crippen LogP contribution in [0.1, 0.15) is 16.7 Å². The van der Waals surface area contributed by atoms with E-state index in [4.69, 9.17) is 5.26 Å². The molecule has 0 aliphatic heterocycles. The predicted molar refractivity (Wildman–Crippen MR) is 79.1 cm³/mol. The number of aromatic nitrogens is 1. The summed E-state index contributed by atoms with van der Waals surface area (Å²) in [5, 5.41) is 38.9. The van der Waals surface area contributed by atoms with Gasteiger partial charge in [-0.15, -0.1) is 0 Å². The van der Waals surface area contributed by atoms with E-state index >= 15 is 0 Å². The van der Waals surface area contributed by atoms with Crippen LogP contribution in [0, 0.1) is 21.4 Å². The summed E-state index contributed by atoms with van der Waals surface area (Å²) in [4.78, 5) is 13.3. The largest absolute Gasteiger partial charge is 0.504 e. The first-order valence-electron chi connectivity index (χ1n) is 6.48. The fourth-order valence-corrected chi connectivity index (χ4v) is 1.94. The van der Waals surface area contributed by atoms with Crippen LogP contribution in [0.5, 0.6) is 11.5 Å². The van der Waals surface area contributed by atoms with Gasteiger partial charge in [-0.25, -0.2) is 0 Å². The predicted octanol–water partition coefficient (Wildman–Crippen LogP) is 3.48. The normalized spacial score (nSPS) is 11.8. The summed E-state index contributed by atoms with van der Waals surface area (Å²) in [7, 11) is 0. The molecule has 1 heterocycles. The van der Waals surface area contributed by atoms with Gasteiger partial charge in [-0.2, -0.15) is 18.4 Å². The van der Waals surface area contributed by atoms with E-state index in [9.17, 15) is 33.5 Å². The lowest BCUT2D eigenvalue weighted by molar-refractivity contribution is -0.386. The van der Waals surface area contributed by atoms with Gasteiger partial charge >= 0.3 is 11.9 Å². The van der Waals surface area contributed by atoms with Gasteiger partial charge in [0.2, 0.25) is 5.75 Å². The molecule has 10 heteroatoms. The standard InChI is InChI=1S/C15H8F3N3O4/c16-15(17,18)11-4-10(6-20-7-11)9(5-19)1-8-2-12(21(24)25)14(23)13(22)3-8/h1-4,6-7,22-23H. The zero-order chi connectivity index (χ0) is 18.8. The third-order valence-corrected chi connectivity index (χ3v) is 3.10. The van der Waals surface area contributed by atoms with Crippen LogP contribution in [0.3, 0.4) is 0 Å². The molecule has 1 aromatic carbocycles. The van der Waals surface area contributed by atoms with E-state index in [1.54, 1.807) is 6.07 Å². The molecule has 0 bridgehead atoms. The molecular formula is C15H8F3N3O4. The Kier molecular flexibility index (Phi) is 4.60. The number of alkyl halides is 3. The van der Waals surface area contributed by atoms with Crippen molar-refractivity contribution in [2.75, 3.05) is 0 Å². The molecule has 0 saturated heterocycles. The summed E-state index contributed by atoms with van der Waals surface area (Å²) in [6.07, 6.45) is -2.00. The number of nitro benzene ring substituents is 1. The van der Waals surface area contributed by atoms with Gasteiger partial charge in [0.1, 0.15) is 0 Å². The number of allylic oxidation sites excluding steroid dienone is 1. The summed E-state index contributed by atoms with van der Waals surface area (Å²) in [6, 6.07) is 4.17. The second-order valence-corrected chi connectivity index (χ2v) is 4.79. The molecule has 0 saturated carbocycles. The van der Waals surface area contributed by atoms with Crippen molar-refractivity contribution in [3.05, 3.63) is 57.4 Å². The quantitative estimate of drug-likeness (QED) is 0.378. The Morgan fingerprint density at radius 3 is 2.52 bits per heavy atom. The number of nitrogens with zero attached hydrogens (tertiary/aromatic N) is 3. The molecule has 0 unspecified atom stereocenters. The molecular weight excluding hydrogens is 343 g/mol. The van der Waals surface area contributed by atoms with E-state index in [1.165, 1.54) is 0 Å². The number of nitro groups is 1. The van der Waals surface area contributed by atoms with Gasteiger partial charge < -0.3 is 10.2 Å². The lowest BCUT2D eigenvalue weighted by Gasteiger charge is -2.07. The zero-order valence-electron chi connectivity index (χ0n) is 12.2. The van der Waals surface area contributed by atoms with Crippen LogP contribution >= 0.6 is 0 Å². The average Bonchev–Trinajstić information content (AvgIpc) is 2.54. The molecule has 2 rings (SSSR count). The van der Waals surface area contributed by atoms with Crippen LogP contribution in [0.4, 0.5) is 18.9 Å². The van der Waals surface area contributed by atoms with Crippen molar-refractivity contribution >= 4 is 17.3 Å². The monoisotopic (exact) mass is 351 g/mol. The average molecular weight is 351 g/mol. The highest BCUT2D eigenvalue weighted by Gasteiger charge is 2.31. The van der Waals surface area contributed by atoms with Gasteiger partial charge in [0.15, 0.2) is 5.75 Å². The molecule has 2 N–H and O–H groups in total. The van der Waals surface area contributed by atoms with Crippen LogP contribution in [0.2, 0.25) is 0 Å². The fourth-order valence-electron chi connectivity index (χ4n) is 1.94. The topological polar surface area (TPSA) is 120 Å². The van der Waals surface area contributed by atoms with Crippen LogP contribution in [-0.4, -0.2) is 20.1 Å². The second-order valence-electron chi connectivity index (χ2n) is 4.79. The molecule has 0 atom stereocenters. The lowest BCUT2D eigenvalue weighted by Crippen LogP contribution is -2.06. The number of halogens is 3. The number of benzene rings is 1. The maximum Gasteiger partial charge on any atom is 0.417 e. The third kappa shape index (κ3) is 3.84. The number of rotatable bonds is 3. The van der Waals surface area contributed by atoms with Crippen molar-refractivity contribution in [3.63, 3.8) is 0 Å². The molecule has 25 heavy (non-hydrogen) atoms. The Hall–Kier alpha value is -3.61. The van der Waals surface area contributed by atoms with Crippen molar-refractivity contribution in [1.29, 1.82) is 5.26 Å². The molecule has 0 amide bonds. The van der Waals surface area contributed by atoms with E-state index in [0.29, 0.717) is 12.3 Å². The second kappa shape index (κ2) is 6.48. The van der Waals surface area contributed by atoms with Crippen molar-refractivity contribution in [3.8, 4) is 17.6 Å². The highest BCUT2D eigenvalue weighted by molar-refractivity contribution is 5.90. The highest BCUT2D eigenvalue weighted by Crippen LogP contribution is 2.37. The highest BCUT2D eigenvalue weighted by atomic mass is 19.4. The van der Waals surface area contributed by atoms with E-state index < -0.39 is 33.8 Å². The number of hydrogen-bond acceptors (Lipinski definition) is 6. The summed E-state index contributed by atoms with van der Waals surface area (Å²) < 4.78 is 38.2. The third-order valence-electron chi connectivity index (χ3n) is 3.10. The number of nitriles is 1. The molecule has 0 aliphatic rings. The fraction of sp³-hybridized carbons (Fsp3) is 0.0667. The minimum Gasteiger partial charge on any atom is -0.504 e. The SMILES string of the molecule is N#CC(=Cc1cc(O)c(O)c([N+](=O)[O-])c1)c1cncc(C(F)(F)F)c1. The van der Waals surface area contributed by atoms with Gasteiger partial charge in [-0.05, 0) is 23.8 Å². The molecule has 0 spiro atoms. The van der Waals surface area contributed by atoms with E-state index in [2.05, 4.69) is 4.98 Å². The minimum absolute atomic E-state index is 0.0593. The maximum atomic E-state index is 12.7. The van der Waals surface area contributed by atoms with Crippen LogP contribution < -0.4 is 0 Å². The van der Waals surface area contributed by atoms with E-state index in [1.807, 2.05) is 0 Å². The van der Waals surface area contributed by atoms with Crippen LogP contribution in [0.25, 0.3) is 11.6 Å². The van der Waals surface area contributed by atoms with Crippen molar-refractivity contribution in [1.82, 2.24) is 4.98 Å². The van der Waals surface area contributed by atoms with Crippen LogP contribution in [-0.2, 0) is 6.18 Å². The molecule has 128 valence electrons. The Morgan fingerprint density at radius 2 is 1.96 bits per heavy atom. The summed E-state index contributed by atoms with van der Waals surface area (Å²) >= 11 is 0. The first kappa shape index (κ1) is 17.7. The Balaban J connectivity index is 2.56. The van der Waals surface area contributed by atoms with Crippen LogP contribution in [0.15, 0.2) is 30.6 Å². The first-order chi connectivity index (χ1) is 11.6. The molecule has 0 aliphatic carbocycles. The smallest absolute Gasteiger partial charge is 0.417 e. The molecule has 0 radical (unpaired) electrons. The summed E-state index contributed by atoms with van der Waals surface area (Å²) in [6.45, 7) is 0. The van der Waals surface area contributed by atoms with Gasteiger partial charge in [-0.1, -0.05) is 0 Å². The molecule has 2 aromatic rings. The lowest BCUT2D eigenvalue weighted by atomic mass is 10.0. The van der Waals surface area contributed by atoms with Crippen molar-refractivity contribution in [2.24, 2.45) is 0 Å². The molecule has 1 aromatic heterocycles. The number of phenols is 2. The number of phenolic OH excluding ortho intramolecular Hbond substituents is 2. The van der Waals surface area contributed by atoms with E-state index in [-0.39, 0.29) is 16.7 Å². The molecule has 7 nitrogen and oxygen atoms in total. The van der Waals surface area contributed by atoms with Gasteiger partial charge in [0, 0.05) is 24.0 Å². The van der Waals surface area contributed by atoms with Gasteiger partial charge in [0.05, 0.1) is 22.1 Å². The van der Waals surface area contributed by atoms with Gasteiger partial charge in [0.25, 0.3) is 0 Å². The molecule has 0 fully saturated rings. The van der Waals surface area contributed by atoms with Crippen molar-refractivity contribution in [2.45, 2.75) is 6.18 Å². The number of pyridine rings is 1. The zero-order valence-corrected chi connectivity index (χ0v) is 12.2. The summed E-state index contributed by atoms with van der Waals surface area (Å²) in [5.41, 5.74) is -2.36. The maximum absolute atomic E-state index is 12.7. The van der Waals surface area contributed by atoms with Crippen molar-refractivity contribution < 1.29 is 28.3 Å². The number of aromatic hydroxyl groups is 2.